The van der Waals surface area contributed by atoms with Gasteiger partial charge in [0.1, 0.15) is 5.75 Å². The predicted octanol–water partition coefficient (Wildman–Crippen LogP) is 4.71. The SMILES string of the molecule is CCOc1ccc(C(=O)C2CC3CCC(C2)N3Cc2ccccc2)cc1. The zero-order chi connectivity index (χ0) is 17.9. The molecule has 2 aromatic rings. The van der Waals surface area contributed by atoms with Crippen LogP contribution in [0.3, 0.4) is 0 Å². The lowest BCUT2D eigenvalue weighted by Gasteiger charge is -2.38. The summed E-state index contributed by atoms with van der Waals surface area (Å²) in [6.07, 6.45) is 4.44. The molecule has 0 aliphatic carbocycles. The molecule has 0 spiro atoms. The van der Waals surface area contributed by atoms with Crippen molar-refractivity contribution in [1.82, 2.24) is 4.90 Å². The highest BCUT2D eigenvalue weighted by Crippen LogP contribution is 2.40. The summed E-state index contributed by atoms with van der Waals surface area (Å²) in [6, 6.07) is 19.5. The first-order valence-corrected chi connectivity index (χ1v) is 9.81. The Morgan fingerprint density at radius 1 is 1.00 bits per heavy atom. The molecule has 2 fully saturated rings. The Balaban J connectivity index is 1.42. The van der Waals surface area contributed by atoms with E-state index in [9.17, 15) is 4.79 Å². The van der Waals surface area contributed by atoms with Crippen LogP contribution in [0.4, 0.5) is 0 Å². The van der Waals surface area contributed by atoms with Crippen molar-refractivity contribution in [2.24, 2.45) is 5.92 Å². The van der Waals surface area contributed by atoms with E-state index in [1.165, 1.54) is 18.4 Å². The van der Waals surface area contributed by atoms with Crippen LogP contribution in [-0.2, 0) is 6.54 Å². The minimum Gasteiger partial charge on any atom is -0.494 e. The van der Waals surface area contributed by atoms with Crippen molar-refractivity contribution >= 4 is 5.78 Å². The van der Waals surface area contributed by atoms with Gasteiger partial charge in [-0.2, -0.15) is 0 Å². The van der Waals surface area contributed by atoms with Crippen molar-refractivity contribution < 1.29 is 9.53 Å². The summed E-state index contributed by atoms with van der Waals surface area (Å²) >= 11 is 0. The Morgan fingerprint density at radius 2 is 1.65 bits per heavy atom. The Hall–Kier alpha value is -2.13. The zero-order valence-electron chi connectivity index (χ0n) is 15.4. The number of hydrogen-bond donors (Lipinski definition) is 0. The molecule has 3 heteroatoms. The Kier molecular flexibility index (Phi) is 5.07. The average Bonchev–Trinajstić information content (AvgIpc) is 2.90. The van der Waals surface area contributed by atoms with Gasteiger partial charge >= 0.3 is 0 Å². The molecule has 2 atom stereocenters. The minimum atomic E-state index is 0.164. The Morgan fingerprint density at radius 3 is 2.27 bits per heavy atom. The van der Waals surface area contributed by atoms with E-state index in [-0.39, 0.29) is 5.92 Å². The number of ketones is 1. The molecule has 2 heterocycles. The van der Waals surface area contributed by atoms with Crippen LogP contribution >= 0.6 is 0 Å². The second-order valence-electron chi connectivity index (χ2n) is 7.53. The van der Waals surface area contributed by atoms with Gasteiger partial charge in [0, 0.05) is 30.1 Å². The van der Waals surface area contributed by atoms with Crippen LogP contribution in [0.15, 0.2) is 54.6 Å². The van der Waals surface area contributed by atoms with Crippen molar-refractivity contribution in [3.8, 4) is 5.75 Å². The van der Waals surface area contributed by atoms with Gasteiger partial charge in [0.2, 0.25) is 0 Å². The summed E-state index contributed by atoms with van der Waals surface area (Å²) in [7, 11) is 0. The molecular weight excluding hydrogens is 322 g/mol. The highest BCUT2D eigenvalue weighted by atomic mass is 16.5. The van der Waals surface area contributed by atoms with Crippen molar-refractivity contribution in [1.29, 1.82) is 0 Å². The number of piperidine rings is 1. The van der Waals surface area contributed by atoms with Crippen molar-refractivity contribution in [2.75, 3.05) is 6.61 Å². The van der Waals surface area contributed by atoms with Gasteiger partial charge in [0.05, 0.1) is 6.61 Å². The van der Waals surface area contributed by atoms with Gasteiger partial charge in [-0.25, -0.2) is 0 Å². The quantitative estimate of drug-likeness (QED) is 0.707. The monoisotopic (exact) mass is 349 g/mol. The molecule has 0 saturated carbocycles. The molecule has 2 bridgehead atoms. The Labute approximate surface area is 156 Å². The van der Waals surface area contributed by atoms with Crippen LogP contribution in [-0.4, -0.2) is 29.4 Å². The van der Waals surface area contributed by atoms with E-state index >= 15 is 0 Å². The van der Waals surface area contributed by atoms with Gasteiger partial charge in [-0.05, 0) is 62.4 Å². The van der Waals surface area contributed by atoms with Crippen molar-refractivity contribution in [3.05, 3.63) is 65.7 Å². The van der Waals surface area contributed by atoms with Crippen LogP contribution in [0.25, 0.3) is 0 Å². The van der Waals surface area contributed by atoms with Gasteiger partial charge in [-0.3, -0.25) is 9.69 Å². The molecule has 2 aromatic carbocycles. The third kappa shape index (κ3) is 3.54. The van der Waals surface area contributed by atoms with Crippen LogP contribution < -0.4 is 4.74 Å². The first-order chi connectivity index (χ1) is 12.7. The minimum absolute atomic E-state index is 0.164. The van der Waals surface area contributed by atoms with Gasteiger partial charge in [0.15, 0.2) is 5.78 Å². The predicted molar refractivity (Wildman–Crippen MR) is 103 cm³/mol. The molecule has 2 saturated heterocycles. The van der Waals surface area contributed by atoms with E-state index in [4.69, 9.17) is 4.74 Å². The van der Waals surface area contributed by atoms with Crippen LogP contribution in [0.5, 0.6) is 5.75 Å². The first-order valence-electron chi connectivity index (χ1n) is 9.81. The number of benzene rings is 2. The molecule has 0 aromatic heterocycles. The molecule has 136 valence electrons. The number of nitrogens with zero attached hydrogens (tertiary/aromatic N) is 1. The van der Waals surface area contributed by atoms with E-state index < -0.39 is 0 Å². The standard InChI is InChI=1S/C23H27NO2/c1-2-26-22-12-8-18(9-13-22)23(25)19-14-20-10-11-21(15-19)24(20)16-17-6-4-3-5-7-17/h3-9,12-13,19-21H,2,10-11,14-16H2,1H3. The van der Waals surface area contributed by atoms with Crippen LogP contribution in [0.2, 0.25) is 0 Å². The maximum Gasteiger partial charge on any atom is 0.166 e. The van der Waals surface area contributed by atoms with E-state index in [0.717, 1.165) is 30.7 Å². The second kappa shape index (κ2) is 7.63. The zero-order valence-corrected chi connectivity index (χ0v) is 15.4. The number of carbonyl (C=O) groups excluding carboxylic acids is 1. The maximum atomic E-state index is 13.0. The van der Waals surface area contributed by atoms with E-state index in [0.29, 0.717) is 24.5 Å². The molecule has 3 nitrogen and oxygen atoms in total. The molecule has 0 radical (unpaired) electrons. The van der Waals surface area contributed by atoms with E-state index in [1.807, 2.05) is 31.2 Å². The lowest BCUT2D eigenvalue weighted by molar-refractivity contribution is 0.0678. The average molecular weight is 349 g/mol. The normalized spacial score (nSPS) is 25.2. The van der Waals surface area contributed by atoms with Crippen LogP contribution in [0, 0.1) is 5.92 Å². The molecule has 2 unspecified atom stereocenters. The molecule has 0 N–H and O–H groups in total. The first kappa shape index (κ1) is 17.3. The maximum absolute atomic E-state index is 13.0. The molecule has 2 aliphatic rings. The third-order valence-corrected chi connectivity index (χ3v) is 5.91. The summed E-state index contributed by atoms with van der Waals surface area (Å²) in [4.78, 5) is 15.6. The summed E-state index contributed by atoms with van der Waals surface area (Å²) in [5.74, 6) is 1.31. The van der Waals surface area contributed by atoms with E-state index in [1.54, 1.807) is 0 Å². The van der Waals surface area contributed by atoms with Crippen molar-refractivity contribution in [3.63, 3.8) is 0 Å². The number of ether oxygens (including phenoxy) is 1. The fourth-order valence-corrected chi connectivity index (χ4v) is 4.66. The third-order valence-electron chi connectivity index (χ3n) is 5.91. The smallest absolute Gasteiger partial charge is 0.166 e. The van der Waals surface area contributed by atoms with E-state index in [2.05, 4.69) is 35.2 Å². The lowest BCUT2D eigenvalue weighted by atomic mass is 9.84. The molecule has 2 aliphatic heterocycles. The number of Topliss-reactive ketones (excluding diaryl/α,β-unsaturated/α-hetero) is 1. The lowest BCUT2D eigenvalue weighted by Crippen LogP contribution is -2.44. The molecular formula is C23H27NO2. The van der Waals surface area contributed by atoms with Gasteiger partial charge in [-0.1, -0.05) is 30.3 Å². The fraction of sp³-hybridized carbons (Fsp3) is 0.435. The number of hydrogen-bond acceptors (Lipinski definition) is 3. The summed E-state index contributed by atoms with van der Waals surface area (Å²) in [6.45, 7) is 3.63. The molecule has 4 rings (SSSR count). The van der Waals surface area contributed by atoms with Gasteiger partial charge < -0.3 is 4.74 Å². The topological polar surface area (TPSA) is 29.5 Å². The highest BCUT2D eigenvalue weighted by molar-refractivity contribution is 5.98. The van der Waals surface area contributed by atoms with Crippen LogP contribution in [0.1, 0.15) is 48.5 Å². The summed E-state index contributed by atoms with van der Waals surface area (Å²) in [5.41, 5.74) is 2.20. The van der Waals surface area contributed by atoms with Gasteiger partial charge in [0.25, 0.3) is 0 Å². The highest BCUT2D eigenvalue weighted by Gasteiger charge is 2.42. The largest absolute Gasteiger partial charge is 0.494 e. The number of fused-ring (bicyclic) bond motifs is 2. The summed E-state index contributed by atoms with van der Waals surface area (Å²) in [5, 5.41) is 0. The molecule has 26 heavy (non-hydrogen) atoms. The number of carbonyl (C=O) groups is 1. The van der Waals surface area contributed by atoms with Crippen molar-refractivity contribution in [2.45, 2.75) is 51.2 Å². The summed E-state index contributed by atoms with van der Waals surface area (Å²) < 4.78 is 5.48. The second-order valence-corrected chi connectivity index (χ2v) is 7.53. The fourth-order valence-electron chi connectivity index (χ4n) is 4.66. The Bertz CT molecular complexity index is 727. The van der Waals surface area contributed by atoms with Gasteiger partial charge in [-0.15, -0.1) is 0 Å². The number of rotatable bonds is 6. The molecule has 0 amide bonds.